The number of hydrogen-bond donors (Lipinski definition) is 1. The largest absolute Gasteiger partial charge is 0.337 e. The van der Waals surface area contributed by atoms with Crippen LogP contribution in [-0.4, -0.2) is 30.9 Å². The molecule has 0 radical (unpaired) electrons. The Morgan fingerprint density at radius 3 is 2.05 bits per heavy atom. The monoisotopic (exact) mass is 318 g/mol. The molecule has 0 aromatic heterocycles. The summed E-state index contributed by atoms with van der Waals surface area (Å²) >= 11 is 0. The maximum atomic E-state index is 12.2. The van der Waals surface area contributed by atoms with Crippen LogP contribution in [0.3, 0.4) is 0 Å². The van der Waals surface area contributed by atoms with Crippen molar-refractivity contribution in [3.8, 4) is 0 Å². The Hall–Kier alpha value is -1.84. The van der Waals surface area contributed by atoms with E-state index in [2.05, 4.69) is 29.6 Å². The second kappa shape index (κ2) is 9.98. The van der Waals surface area contributed by atoms with E-state index in [0.717, 1.165) is 18.5 Å². The van der Waals surface area contributed by atoms with Crippen LogP contribution in [0.2, 0.25) is 0 Å². The number of rotatable bonds is 7. The summed E-state index contributed by atoms with van der Waals surface area (Å²) in [5.74, 6) is 0.136. The number of nitrogens with one attached hydrogen (secondary N) is 1. The van der Waals surface area contributed by atoms with Gasteiger partial charge in [0.25, 0.3) is 0 Å². The van der Waals surface area contributed by atoms with Crippen LogP contribution < -0.4 is 5.32 Å². The fourth-order valence-electron chi connectivity index (χ4n) is 2.27. The van der Waals surface area contributed by atoms with Crippen molar-refractivity contribution in [2.75, 3.05) is 20.1 Å². The molecule has 118 valence electrons. The number of halogens is 1. The lowest BCUT2D eigenvalue weighted by Gasteiger charge is -2.23. The lowest BCUT2D eigenvalue weighted by atomic mass is 10.1. The van der Waals surface area contributed by atoms with Crippen molar-refractivity contribution in [3.05, 3.63) is 71.8 Å². The predicted molar refractivity (Wildman–Crippen MR) is 93.2 cm³/mol. The first-order valence-electron chi connectivity index (χ1n) is 7.30. The molecule has 2 rings (SSSR count). The zero-order valence-corrected chi connectivity index (χ0v) is 13.7. The number of carbonyl (C=O) groups excluding carboxylic acids is 1. The van der Waals surface area contributed by atoms with Gasteiger partial charge in [0.2, 0.25) is 5.91 Å². The molecule has 22 heavy (non-hydrogen) atoms. The Morgan fingerprint density at radius 1 is 0.955 bits per heavy atom. The van der Waals surface area contributed by atoms with E-state index >= 15 is 0 Å². The standard InChI is InChI=1S/C18H22N2O.ClH/c1-19-14-18(21)20(15-17-10-6-3-7-11-17)13-12-16-8-4-2-5-9-16;/h2-11,19H,12-15H2,1H3;1H. The number of carbonyl (C=O) groups is 1. The van der Waals surface area contributed by atoms with E-state index < -0.39 is 0 Å². The molecule has 4 heteroatoms. The van der Waals surface area contributed by atoms with Crippen molar-refractivity contribution < 1.29 is 4.79 Å². The zero-order valence-electron chi connectivity index (χ0n) is 12.9. The molecule has 0 fully saturated rings. The van der Waals surface area contributed by atoms with Gasteiger partial charge in [-0.15, -0.1) is 12.4 Å². The Balaban J connectivity index is 0.00000242. The maximum Gasteiger partial charge on any atom is 0.236 e. The molecule has 3 nitrogen and oxygen atoms in total. The normalized spacial score (nSPS) is 9.86. The molecule has 2 aromatic carbocycles. The zero-order chi connectivity index (χ0) is 14.9. The van der Waals surface area contributed by atoms with Crippen LogP contribution in [0.5, 0.6) is 0 Å². The van der Waals surface area contributed by atoms with Crippen molar-refractivity contribution in [1.29, 1.82) is 0 Å². The molecule has 0 saturated heterocycles. The molecule has 0 aliphatic carbocycles. The quantitative estimate of drug-likeness (QED) is 0.851. The van der Waals surface area contributed by atoms with Crippen molar-refractivity contribution in [1.82, 2.24) is 10.2 Å². The summed E-state index contributed by atoms with van der Waals surface area (Å²) in [6.07, 6.45) is 0.878. The molecule has 0 aliphatic rings. The van der Waals surface area contributed by atoms with Gasteiger partial charge in [-0.05, 0) is 24.6 Å². The lowest BCUT2D eigenvalue weighted by Crippen LogP contribution is -2.38. The summed E-state index contributed by atoms with van der Waals surface area (Å²) < 4.78 is 0. The Kier molecular flexibility index (Phi) is 8.26. The van der Waals surface area contributed by atoms with Crippen LogP contribution in [0.15, 0.2) is 60.7 Å². The highest BCUT2D eigenvalue weighted by atomic mass is 35.5. The van der Waals surface area contributed by atoms with Crippen molar-refractivity contribution in [2.24, 2.45) is 0 Å². The van der Waals surface area contributed by atoms with Crippen LogP contribution in [0.25, 0.3) is 0 Å². The van der Waals surface area contributed by atoms with E-state index in [1.807, 2.05) is 41.3 Å². The molecule has 0 saturated carbocycles. The first kappa shape index (κ1) is 18.2. The van der Waals surface area contributed by atoms with Crippen LogP contribution in [0.1, 0.15) is 11.1 Å². The molecule has 0 unspecified atom stereocenters. The first-order chi connectivity index (χ1) is 10.3. The smallest absolute Gasteiger partial charge is 0.236 e. The highest BCUT2D eigenvalue weighted by Crippen LogP contribution is 2.07. The minimum atomic E-state index is 0. The van der Waals surface area contributed by atoms with Crippen LogP contribution >= 0.6 is 12.4 Å². The molecular weight excluding hydrogens is 296 g/mol. The fraction of sp³-hybridized carbons (Fsp3) is 0.278. The van der Waals surface area contributed by atoms with Gasteiger partial charge in [0.1, 0.15) is 0 Å². The topological polar surface area (TPSA) is 32.3 Å². The Labute approximate surface area is 138 Å². The SMILES string of the molecule is CNCC(=O)N(CCc1ccccc1)Cc1ccccc1.Cl. The molecule has 0 aliphatic heterocycles. The van der Waals surface area contributed by atoms with Crippen molar-refractivity contribution in [2.45, 2.75) is 13.0 Å². The molecule has 2 aromatic rings. The van der Waals surface area contributed by atoms with Gasteiger partial charge in [-0.1, -0.05) is 60.7 Å². The number of amides is 1. The van der Waals surface area contributed by atoms with Crippen LogP contribution in [0, 0.1) is 0 Å². The summed E-state index contributed by atoms with van der Waals surface area (Å²) in [5.41, 5.74) is 2.42. The van der Waals surface area contributed by atoms with Crippen LogP contribution in [0.4, 0.5) is 0 Å². The third-order valence-electron chi connectivity index (χ3n) is 3.41. The van der Waals surface area contributed by atoms with Gasteiger partial charge in [0.05, 0.1) is 6.54 Å². The van der Waals surface area contributed by atoms with Gasteiger partial charge < -0.3 is 10.2 Å². The average molecular weight is 319 g/mol. The van der Waals surface area contributed by atoms with E-state index in [-0.39, 0.29) is 18.3 Å². The lowest BCUT2D eigenvalue weighted by molar-refractivity contribution is -0.130. The fourth-order valence-corrected chi connectivity index (χ4v) is 2.27. The Morgan fingerprint density at radius 2 is 1.50 bits per heavy atom. The third kappa shape index (κ3) is 5.88. The molecule has 0 atom stereocenters. The number of likely N-dealkylation sites (N-methyl/N-ethyl adjacent to an activating group) is 1. The maximum absolute atomic E-state index is 12.2. The van der Waals surface area contributed by atoms with Gasteiger partial charge in [0, 0.05) is 13.1 Å². The minimum absolute atomic E-state index is 0. The van der Waals surface area contributed by atoms with Gasteiger partial charge >= 0.3 is 0 Å². The first-order valence-corrected chi connectivity index (χ1v) is 7.30. The van der Waals surface area contributed by atoms with Crippen molar-refractivity contribution >= 4 is 18.3 Å². The summed E-state index contributed by atoms with van der Waals surface area (Å²) in [4.78, 5) is 14.1. The Bertz CT molecular complexity index is 546. The third-order valence-corrected chi connectivity index (χ3v) is 3.41. The number of hydrogen-bond acceptors (Lipinski definition) is 2. The summed E-state index contributed by atoms with van der Waals surface area (Å²) in [6.45, 7) is 1.77. The highest BCUT2D eigenvalue weighted by molar-refractivity contribution is 5.85. The second-order valence-corrected chi connectivity index (χ2v) is 5.07. The molecule has 0 bridgehead atoms. The molecule has 1 amide bonds. The van der Waals surface area contributed by atoms with E-state index in [9.17, 15) is 4.79 Å². The molecular formula is C18H23ClN2O. The van der Waals surface area contributed by atoms with Gasteiger partial charge in [-0.25, -0.2) is 0 Å². The molecule has 0 spiro atoms. The van der Waals surface area contributed by atoms with E-state index in [4.69, 9.17) is 0 Å². The summed E-state index contributed by atoms with van der Waals surface area (Å²) in [6, 6.07) is 20.4. The van der Waals surface area contributed by atoms with Crippen LogP contribution in [-0.2, 0) is 17.8 Å². The summed E-state index contributed by atoms with van der Waals surface area (Å²) in [5, 5.41) is 2.94. The summed E-state index contributed by atoms with van der Waals surface area (Å²) in [7, 11) is 1.80. The predicted octanol–water partition coefficient (Wildman–Crippen LogP) is 2.90. The van der Waals surface area contributed by atoms with Gasteiger partial charge in [0.15, 0.2) is 0 Å². The van der Waals surface area contributed by atoms with E-state index in [0.29, 0.717) is 13.1 Å². The minimum Gasteiger partial charge on any atom is -0.337 e. The van der Waals surface area contributed by atoms with E-state index in [1.54, 1.807) is 7.05 Å². The highest BCUT2D eigenvalue weighted by Gasteiger charge is 2.13. The second-order valence-electron chi connectivity index (χ2n) is 5.07. The van der Waals surface area contributed by atoms with Gasteiger partial charge in [-0.2, -0.15) is 0 Å². The average Bonchev–Trinajstić information content (AvgIpc) is 2.53. The molecule has 1 N–H and O–H groups in total. The van der Waals surface area contributed by atoms with Crippen molar-refractivity contribution in [3.63, 3.8) is 0 Å². The van der Waals surface area contributed by atoms with Gasteiger partial charge in [-0.3, -0.25) is 4.79 Å². The molecule has 0 heterocycles. The number of benzene rings is 2. The van der Waals surface area contributed by atoms with E-state index in [1.165, 1.54) is 5.56 Å². The number of nitrogens with zero attached hydrogens (tertiary/aromatic N) is 1.